The molecule has 23 heavy (non-hydrogen) atoms. The fourth-order valence-corrected chi connectivity index (χ4v) is 3.02. The van der Waals surface area contributed by atoms with E-state index in [1.165, 1.54) is 0 Å². The van der Waals surface area contributed by atoms with Crippen molar-refractivity contribution < 1.29 is 14.3 Å². The number of nitrogens with zero attached hydrogens (tertiary/aromatic N) is 2. The van der Waals surface area contributed by atoms with Crippen LogP contribution in [0, 0.1) is 0 Å². The van der Waals surface area contributed by atoms with Crippen LogP contribution in [0.1, 0.15) is 12.8 Å². The summed E-state index contributed by atoms with van der Waals surface area (Å²) in [5.74, 6) is 0.939. The third-order valence-electron chi connectivity index (χ3n) is 4.40. The summed E-state index contributed by atoms with van der Waals surface area (Å²) in [5.41, 5.74) is 0. The first-order chi connectivity index (χ1) is 11.2. The molecule has 0 saturated carbocycles. The van der Waals surface area contributed by atoms with Crippen LogP contribution < -0.4 is 10.1 Å². The second-order valence-corrected chi connectivity index (χ2v) is 5.99. The van der Waals surface area contributed by atoms with Gasteiger partial charge in [0.05, 0.1) is 0 Å². The van der Waals surface area contributed by atoms with Crippen LogP contribution in [0.25, 0.3) is 0 Å². The number of carbonyl (C=O) groups excluding carboxylic acids is 2. The second-order valence-electron chi connectivity index (χ2n) is 5.99. The lowest BCUT2D eigenvalue weighted by molar-refractivity contribution is -0.136. The lowest BCUT2D eigenvalue weighted by Crippen LogP contribution is -2.53. The number of amides is 2. The smallest absolute Gasteiger partial charge is 0.245 e. The van der Waals surface area contributed by atoms with Crippen molar-refractivity contribution in [2.45, 2.75) is 18.9 Å². The van der Waals surface area contributed by atoms with Gasteiger partial charge in [0, 0.05) is 39.1 Å². The van der Waals surface area contributed by atoms with Crippen molar-refractivity contribution in [3.05, 3.63) is 30.3 Å². The maximum Gasteiger partial charge on any atom is 0.245 e. The van der Waals surface area contributed by atoms with Crippen LogP contribution >= 0.6 is 0 Å². The SMILES string of the molecule is O=C1CCC(C(=O)N2CCN(CCOc3ccccc3)CC2)N1. The Balaban J connectivity index is 1.37. The molecule has 3 rings (SSSR count). The quantitative estimate of drug-likeness (QED) is 0.858. The first kappa shape index (κ1) is 15.8. The third kappa shape index (κ3) is 4.22. The Morgan fingerprint density at radius 2 is 1.91 bits per heavy atom. The molecule has 6 nitrogen and oxygen atoms in total. The fourth-order valence-electron chi connectivity index (χ4n) is 3.02. The lowest BCUT2D eigenvalue weighted by Gasteiger charge is -2.35. The molecule has 0 aromatic heterocycles. The minimum atomic E-state index is -0.310. The van der Waals surface area contributed by atoms with E-state index in [4.69, 9.17) is 4.74 Å². The molecule has 0 spiro atoms. The molecular weight excluding hydrogens is 294 g/mol. The Morgan fingerprint density at radius 1 is 1.17 bits per heavy atom. The van der Waals surface area contributed by atoms with Gasteiger partial charge in [-0.1, -0.05) is 18.2 Å². The van der Waals surface area contributed by atoms with Crippen molar-refractivity contribution >= 4 is 11.8 Å². The van der Waals surface area contributed by atoms with Crippen LogP contribution in [0.5, 0.6) is 5.75 Å². The molecule has 2 aliphatic heterocycles. The highest BCUT2D eigenvalue weighted by Crippen LogP contribution is 2.12. The standard InChI is InChI=1S/C17H23N3O3/c21-16-7-6-15(18-16)17(22)20-10-8-19(9-11-20)12-13-23-14-4-2-1-3-5-14/h1-5,15H,6-13H2,(H,18,21). The van der Waals surface area contributed by atoms with Gasteiger partial charge in [-0.05, 0) is 18.6 Å². The number of hydrogen-bond acceptors (Lipinski definition) is 4. The van der Waals surface area contributed by atoms with Crippen molar-refractivity contribution in [2.24, 2.45) is 0 Å². The molecular formula is C17H23N3O3. The third-order valence-corrected chi connectivity index (χ3v) is 4.40. The van der Waals surface area contributed by atoms with Gasteiger partial charge in [0.15, 0.2) is 0 Å². The molecule has 2 saturated heterocycles. The Bertz CT molecular complexity index is 541. The molecule has 1 atom stereocenters. The van der Waals surface area contributed by atoms with Crippen LogP contribution in [-0.4, -0.2) is 67.0 Å². The molecule has 1 aromatic rings. The molecule has 0 aliphatic carbocycles. The van der Waals surface area contributed by atoms with Gasteiger partial charge in [-0.25, -0.2) is 0 Å². The molecule has 2 aliphatic rings. The van der Waals surface area contributed by atoms with E-state index in [1.807, 2.05) is 35.2 Å². The van der Waals surface area contributed by atoms with Crippen molar-refractivity contribution in [3.63, 3.8) is 0 Å². The van der Waals surface area contributed by atoms with Crippen LogP contribution in [0.3, 0.4) is 0 Å². The molecule has 1 unspecified atom stereocenters. The highest BCUT2D eigenvalue weighted by atomic mass is 16.5. The van der Waals surface area contributed by atoms with Crippen molar-refractivity contribution in [1.29, 1.82) is 0 Å². The number of benzene rings is 1. The first-order valence-corrected chi connectivity index (χ1v) is 8.21. The summed E-state index contributed by atoms with van der Waals surface area (Å²) in [5, 5.41) is 2.75. The first-order valence-electron chi connectivity index (χ1n) is 8.21. The molecule has 0 bridgehead atoms. The largest absolute Gasteiger partial charge is 0.492 e. The van der Waals surface area contributed by atoms with E-state index in [1.54, 1.807) is 0 Å². The molecule has 1 aromatic carbocycles. The predicted octanol–water partition coefficient (Wildman–Crippen LogP) is 0.488. The zero-order valence-corrected chi connectivity index (χ0v) is 13.2. The van der Waals surface area contributed by atoms with E-state index in [2.05, 4.69) is 10.2 Å². The molecule has 2 fully saturated rings. The summed E-state index contributed by atoms with van der Waals surface area (Å²) >= 11 is 0. The molecule has 0 radical (unpaired) electrons. The van der Waals surface area contributed by atoms with E-state index in [0.29, 0.717) is 19.4 Å². The number of rotatable bonds is 5. The average molecular weight is 317 g/mol. The number of nitrogens with one attached hydrogen (secondary N) is 1. The molecule has 2 heterocycles. The lowest BCUT2D eigenvalue weighted by atomic mass is 10.2. The minimum Gasteiger partial charge on any atom is -0.492 e. The maximum absolute atomic E-state index is 12.3. The highest BCUT2D eigenvalue weighted by Gasteiger charge is 2.32. The zero-order valence-electron chi connectivity index (χ0n) is 13.2. The average Bonchev–Trinajstić information content (AvgIpc) is 3.02. The molecule has 1 N–H and O–H groups in total. The number of carbonyl (C=O) groups is 2. The van der Waals surface area contributed by atoms with E-state index in [-0.39, 0.29) is 17.9 Å². The summed E-state index contributed by atoms with van der Waals surface area (Å²) in [6, 6.07) is 9.48. The summed E-state index contributed by atoms with van der Waals surface area (Å²) in [6.07, 6.45) is 1.09. The number of hydrogen-bond donors (Lipinski definition) is 1. The van der Waals surface area contributed by atoms with Crippen molar-refractivity contribution in [1.82, 2.24) is 15.1 Å². The topological polar surface area (TPSA) is 61.9 Å². The molecule has 2 amide bonds. The Kier molecular flexibility index (Phi) is 5.12. The number of para-hydroxylation sites is 1. The van der Waals surface area contributed by atoms with Gasteiger partial charge in [0.2, 0.25) is 11.8 Å². The van der Waals surface area contributed by atoms with E-state index >= 15 is 0 Å². The Labute approximate surface area is 136 Å². The van der Waals surface area contributed by atoms with Gasteiger partial charge in [0.1, 0.15) is 18.4 Å². The van der Waals surface area contributed by atoms with Gasteiger partial charge in [-0.2, -0.15) is 0 Å². The highest BCUT2D eigenvalue weighted by molar-refractivity contribution is 5.90. The van der Waals surface area contributed by atoms with Gasteiger partial charge in [0.25, 0.3) is 0 Å². The van der Waals surface area contributed by atoms with Gasteiger partial charge >= 0.3 is 0 Å². The zero-order chi connectivity index (χ0) is 16.1. The monoisotopic (exact) mass is 317 g/mol. The molecule has 124 valence electrons. The summed E-state index contributed by atoms with van der Waals surface area (Å²) in [4.78, 5) is 27.7. The second kappa shape index (κ2) is 7.46. The van der Waals surface area contributed by atoms with E-state index in [9.17, 15) is 9.59 Å². The van der Waals surface area contributed by atoms with Crippen LogP contribution in [0.2, 0.25) is 0 Å². The minimum absolute atomic E-state index is 0.0138. The fraction of sp³-hybridized carbons (Fsp3) is 0.529. The summed E-state index contributed by atoms with van der Waals surface area (Å²) in [7, 11) is 0. The summed E-state index contributed by atoms with van der Waals surface area (Å²) in [6.45, 7) is 4.65. The maximum atomic E-state index is 12.3. The van der Waals surface area contributed by atoms with Crippen LogP contribution in [0.15, 0.2) is 30.3 Å². The number of ether oxygens (including phenoxy) is 1. The van der Waals surface area contributed by atoms with Crippen LogP contribution in [0.4, 0.5) is 0 Å². The van der Waals surface area contributed by atoms with Gasteiger partial charge in [-0.15, -0.1) is 0 Å². The predicted molar refractivity (Wildman–Crippen MR) is 86.1 cm³/mol. The summed E-state index contributed by atoms with van der Waals surface area (Å²) < 4.78 is 5.71. The van der Waals surface area contributed by atoms with Crippen molar-refractivity contribution in [3.8, 4) is 5.75 Å². The normalized spacial score (nSPS) is 22.0. The van der Waals surface area contributed by atoms with Crippen LogP contribution in [-0.2, 0) is 9.59 Å². The Morgan fingerprint density at radius 3 is 2.57 bits per heavy atom. The van der Waals surface area contributed by atoms with Crippen molar-refractivity contribution in [2.75, 3.05) is 39.3 Å². The number of piperazine rings is 1. The van der Waals surface area contributed by atoms with Gasteiger partial charge < -0.3 is 15.0 Å². The van der Waals surface area contributed by atoms with E-state index in [0.717, 1.165) is 38.5 Å². The molecule has 6 heteroatoms. The van der Waals surface area contributed by atoms with Gasteiger partial charge in [-0.3, -0.25) is 14.5 Å². The Hall–Kier alpha value is -2.08. The van der Waals surface area contributed by atoms with E-state index < -0.39 is 0 Å².